The van der Waals surface area contributed by atoms with E-state index < -0.39 is 18.1 Å². The maximum absolute atomic E-state index is 10.9. The Morgan fingerprint density at radius 2 is 2.29 bits per heavy atom. The second-order valence-corrected chi connectivity index (χ2v) is 4.09. The topological polar surface area (TPSA) is 72.8 Å². The number of hydrogen-bond acceptors (Lipinski definition) is 4. The lowest BCUT2D eigenvalue weighted by molar-refractivity contribution is -0.142. The van der Waals surface area contributed by atoms with Gasteiger partial charge >= 0.3 is 5.97 Å². The maximum Gasteiger partial charge on any atom is 0.321 e. The predicted molar refractivity (Wildman–Crippen MR) is 50.0 cm³/mol. The fourth-order valence-electron chi connectivity index (χ4n) is 2.41. The number of nitrogens with zero attached hydrogens (tertiary/aromatic N) is 1. The van der Waals surface area contributed by atoms with E-state index >= 15 is 0 Å². The molecule has 0 radical (unpaired) electrons. The second-order valence-electron chi connectivity index (χ2n) is 4.09. The van der Waals surface area contributed by atoms with Crippen LogP contribution in [0.2, 0.25) is 0 Å². The first-order valence-electron chi connectivity index (χ1n) is 5.06. The quantitative estimate of drug-likeness (QED) is 0.526. The molecule has 5 nitrogen and oxygen atoms in total. The molecule has 0 amide bonds. The number of aliphatic hydroxyl groups excluding tert-OH is 1. The molecule has 2 rings (SSSR count). The third-order valence-electron chi connectivity index (χ3n) is 3.11. The van der Waals surface area contributed by atoms with Crippen LogP contribution < -0.4 is 5.32 Å². The van der Waals surface area contributed by atoms with Crippen LogP contribution in [0.3, 0.4) is 0 Å². The predicted octanol–water partition coefficient (Wildman–Crippen LogP) is -1.13. The van der Waals surface area contributed by atoms with Crippen LogP contribution >= 0.6 is 0 Å². The van der Waals surface area contributed by atoms with E-state index in [9.17, 15) is 9.90 Å². The number of carboxylic acids is 1. The summed E-state index contributed by atoms with van der Waals surface area (Å²) < 4.78 is 0. The Balaban J connectivity index is 2.04. The van der Waals surface area contributed by atoms with E-state index in [2.05, 4.69) is 5.32 Å². The average Bonchev–Trinajstić information content (AvgIpc) is 2.70. The summed E-state index contributed by atoms with van der Waals surface area (Å²) in [6, 6.07) is -0.205. The van der Waals surface area contributed by atoms with Gasteiger partial charge in [0, 0.05) is 25.6 Å². The van der Waals surface area contributed by atoms with E-state index in [1.807, 2.05) is 4.90 Å². The van der Waals surface area contributed by atoms with E-state index in [4.69, 9.17) is 5.11 Å². The molecular weight excluding hydrogens is 184 g/mol. The van der Waals surface area contributed by atoms with Gasteiger partial charge in [0.1, 0.15) is 6.04 Å². The lowest BCUT2D eigenvalue weighted by Gasteiger charge is -2.26. The number of β-amino-alcohol motifs (C(OH)–C–C–N with tert-alkyl or cyclic N) is 1. The Bertz CT molecular complexity index is 228. The molecule has 0 spiro atoms. The van der Waals surface area contributed by atoms with Gasteiger partial charge in [-0.1, -0.05) is 0 Å². The zero-order valence-electron chi connectivity index (χ0n) is 8.02. The standard InChI is InChI=1S/C9H16N2O3/c12-7-3-8(9(13)14)11(5-7)6-1-2-10-4-6/h6-8,10,12H,1-5H2,(H,13,14). The van der Waals surface area contributed by atoms with Crippen LogP contribution in [-0.2, 0) is 4.79 Å². The minimum atomic E-state index is -0.812. The van der Waals surface area contributed by atoms with E-state index in [-0.39, 0.29) is 6.04 Å². The van der Waals surface area contributed by atoms with Crippen molar-refractivity contribution in [2.75, 3.05) is 19.6 Å². The monoisotopic (exact) mass is 200 g/mol. The largest absolute Gasteiger partial charge is 0.480 e. The van der Waals surface area contributed by atoms with Gasteiger partial charge in [-0.25, -0.2) is 0 Å². The van der Waals surface area contributed by atoms with Crippen LogP contribution in [0.1, 0.15) is 12.8 Å². The minimum absolute atomic E-state index is 0.285. The van der Waals surface area contributed by atoms with Gasteiger partial charge in [-0.05, 0) is 13.0 Å². The van der Waals surface area contributed by atoms with Crippen molar-refractivity contribution < 1.29 is 15.0 Å². The van der Waals surface area contributed by atoms with Gasteiger partial charge in [-0.2, -0.15) is 0 Å². The normalized spacial score (nSPS) is 39.1. The molecule has 0 aliphatic carbocycles. The summed E-state index contributed by atoms with van der Waals surface area (Å²) in [6.07, 6.45) is 0.874. The van der Waals surface area contributed by atoms with Gasteiger partial charge in [-0.15, -0.1) is 0 Å². The first kappa shape index (κ1) is 9.89. The molecule has 0 aromatic heterocycles. The molecule has 0 saturated carbocycles. The second kappa shape index (κ2) is 3.84. The zero-order chi connectivity index (χ0) is 10.1. The van der Waals surface area contributed by atoms with Crippen molar-refractivity contribution in [1.29, 1.82) is 0 Å². The molecule has 80 valence electrons. The van der Waals surface area contributed by atoms with Gasteiger partial charge in [0.25, 0.3) is 0 Å². The van der Waals surface area contributed by atoms with Gasteiger partial charge < -0.3 is 15.5 Å². The highest BCUT2D eigenvalue weighted by molar-refractivity contribution is 5.74. The lowest BCUT2D eigenvalue weighted by Crippen LogP contribution is -2.44. The Hall–Kier alpha value is -0.650. The van der Waals surface area contributed by atoms with Crippen molar-refractivity contribution in [1.82, 2.24) is 10.2 Å². The van der Waals surface area contributed by atoms with Crippen molar-refractivity contribution in [3.63, 3.8) is 0 Å². The van der Waals surface area contributed by atoms with Gasteiger partial charge in [0.2, 0.25) is 0 Å². The van der Waals surface area contributed by atoms with Crippen molar-refractivity contribution in [3.05, 3.63) is 0 Å². The summed E-state index contributed by atoms with van der Waals surface area (Å²) in [4.78, 5) is 12.9. The van der Waals surface area contributed by atoms with E-state index in [1.54, 1.807) is 0 Å². The van der Waals surface area contributed by atoms with Crippen LogP contribution in [-0.4, -0.2) is 58.9 Å². The van der Waals surface area contributed by atoms with Crippen LogP contribution in [0.4, 0.5) is 0 Å². The van der Waals surface area contributed by atoms with Crippen LogP contribution in [0.5, 0.6) is 0 Å². The molecule has 5 heteroatoms. The first-order valence-corrected chi connectivity index (χ1v) is 5.06. The summed E-state index contributed by atoms with van der Waals surface area (Å²) in [5, 5.41) is 21.6. The number of carboxylic acid groups (broad SMARTS) is 1. The van der Waals surface area contributed by atoms with Crippen LogP contribution in [0, 0.1) is 0 Å². The van der Waals surface area contributed by atoms with Gasteiger partial charge in [0.15, 0.2) is 0 Å². The van der Waals surface area contributed by atoms with E-state index in [0.717, 1.165) is 19.5 Å². The smallest absolute Gasteiger partial charge is 0.321 e. The molecule has 2 heterocycles. The van der Waals surface area contributed by atoms with Crippen molar-refractivity contribution in [2.45, 2.75) is 31.0 Å². The van der Waals surface area contributed by atoms with Crippen LogP contribution in [0.15, 0.2) is 0 Å². The highest BCUT2D eigenvalue weighted by Gasteiger charge is 2.40. The Kier molecular flexibility index (Phi) is 2.71. The Labute approximate surface area is 82.7 Å². The Morgan fingerprint density at radius 3 is 2.86 bits per heavy atom. The van der Waals surface area contributed by atoms with Crippen molar-refractivity contribution in [3.8, 4) is 0 Å². The van der Waals surface area contributed by atoms with E-state index in [0.29, 0.717) is 13.0 Å². The van der Waals surface area contributed by atoms with Crippen LogP contribution in [0.25, 0.3) is 0 Å². The van der Waals surface area contributed by atoms with Gasteiger partial charge in [-0.3, -0.25) is 9.69 Å². The number of rotatable bonds is 2. The fourth-order valence-corrected chi connectivity index (χ4v) is 2.41. The molecule has 0 aromatic rings. The molecule has 2 aliphatic heterocycles. The minimum Gasteiger partial charge on any atom is -0.480 e. The number of nitrogens with one attached hydrogen (secondary N) is 1. The molecule has 14 heavy (non-hydrogen) atoms. The molecule has 3 unspecified atom stereocenters. The summed E-state index contributed by atoms with van der Waals surface area (Å²) in [6.45, 7) is 2.30. The number of aliphatic hydroxyl groups is 1. The summed E-state index contributed by atoms with van der Waals surface area (Å²) in [5.41, 5.74) is 0. The van der Waals surface area contributed by atoms with Crippen molar-refractivity contribution >= 4 is 5.97 Å². The van der Waals surface area contributed by atoms with Crippen molar-refractivity contribution in [2.24, 2.45) is 0 Å². The van der Waals surface area contributed by atoms with E-state index in [1.165, 1.54) is 0 Å². The SMILES string of the molecule is O=C(O)C1CC(O)CN1C1CCNC1. The maximum atomic E-state index is 10.9. The summed E-state index contributed by atoms with van der Waals surface area (Å²) in [7, 11) is 0. The number of likely N-dealkylation sites (tertiary alicyclic amines) is 1. The number of carbonyl (C=O) groups is 1. The lowest BCUT2D eigenvalue weighted by atomic mass is 10.1. The molecular formula is C9H16N2O3. The Morgan fingerprint density at radius 1 is 1.50 bits per heavy atom. The molecule has 2 saturated heterocycles. The fraction of sp³-hybridized carbons (Fsp3) is 0.889. The molecule has 0 aromatic carbocycles. The third-order valence-corrected chi connectivity index (χ3v) is 3.11. The molecule has 2 aliphatic rings. The summed E-state index contributed by atoms with van der Waals surface area (Å²) in [5.74, 6) is -0.812. The van der Waals surface area contributed by atoms with Gasteiger partial charge in [0.05, 0.1) is 6.10 Å². The first-order chi connectivity index (χ1) is 6.68. The zero-order valence-corrected chi connectivity index (χ0v) is 8.02. The average molecular weight is 200 g/mol. The molecule has 3 atom stereocenters. The third kappa shape index (κ3) is 1.75. The number of hydrogen-bond donors (Lipinski definition) is 3. The molecule has 3 N–H and O–H groups in total. The summed E-state index contributed by atoms with van der Waals surface area (Å²) >= 11 is 0. The highest BCUT2D eigenvalue weighted by Crippen LogP contribution is 2.23. The highest BCUT2D eigenvalue weighted by atomic mass is 16.4. The number of aliphatic carboxylic acids is 1. The molecule has 2 fully saturated rings. The molecule has 0 bridgehead atoms.